The normalized spacial score (nSPS) is 22.9. The third-order valence-corrected chi connectivity index (χ3v) is 7.37. The van der Waals surface area contributed by atoms with Crippen LogP contribution in [-0.4, -0.2) is 39.6 Å². The highest BCUT2D eigenvalue weighted by Crippen LogP contribution is 2.33. The molecule has 3 rings (SSSR count). The van der Waals surface area contributed by atoms with Crippen LogP contribution in [0.5, 0.6) is 0 Å². The zero-order valence-corrected chi connectivity index (χ0v) is 21.1. The van der Waals surface area contributed by atoms with Crippen molar-refractivity contribution in [3.8, 4) is 0 Å². The average Bonchev–Trinajstić information content (AvgIpc) is 3.20. The summed E-state index contributed by atoms with van der Waals surface area (Å²) in [4.78, 5) is 14.5. The van der Waals surface area contributed by atoms with E-state index in [0.29, 0.717) is 5.78 Å². The number of unbranched alkanes of at least 4 members (excludes halogenated alkanes) is 2. The highest BCUT2D eigenvalue weighted by Gasteiger charge is 2.29. The lowest BCUT2D eigenvalue weighted by molar-refractivity contribution is -0.122. The third kappa shape index (κ3) is 9.08. The van der Waals surface area contributed by atoms with Crippen LogP contribution in [0.1, 0.15) is 104 Å². The lowest BCUT2D eigenvalue weighted by atomic mass is 9.81. The van der Waals surface area contributed by atoms with Crippen LogP contribution in [0.25, 0.3) is 0 Å². The molecule has 0 spiro atoms. The minimum atomic E-state index is 0.213. The number of carbonyl (C=O) groups excluding carboxylic acids is 1. The predicted molar refractivity (Wildman–Crippen MR) is 131 cm³/mol. The van der Waals surface area contributed by atoms with Gasteiger partial charge in [-0.1, -0.05) is 47.0 Å². The molecule has 1 aromatic rings. The van der Waals surface area contributed by atoms with Crippen LogP contribution >= 0.6 is 0 Å². The number of hydrogen-bond acceptors (Lipinski definition) is 3. The maximum Gasteiger partial charge on any atom is 0.135 e. The topological polar surface area (TPSA) is 38.1 Å². The molecule has 0 unspecified atom stereocenters. The first-order valence-corrected chi connectivity index (χ1v) is 13.3. The van der Waals surface area contributed by atoms with E-state index in [1.165, 1.54) is 76.4 Å². The average molecular weight is 432 g/mol. The highest BCUT2D eigenvalue weighted by atomic mass is 16.1. The van der Waals surface area contributed by atoms with Crippen molar-refractivity contribution < 1.29 is 4.79 Å². The molecule has 1 aliphatic heterocycles. The molecule has 2 heterocycles. The smallest absolute Gasteiger partial charge is 0.135 e. The molecule has 178 valence electrons. The Bertz CT molecular complexity index is 608. The van der Waals surface area contributed by atoms with Gasteiger partial charge in [0.2, 0.25) is 0 Å². The molecule has 1 saturated heterocycles. The van der Waals surface area contributed by atoms with Crippen molar-refractivity contribution in [2.24, 2.45) is 17.8 Å². The number of hydrogen-bond donors (Lipinski definition) is 0. The Morgan fingerprint density at radius 2 is 1.68 bits per heavy atom. The van der Waals surface area contributed by atoms with E-state index in [2.05, 4.69) is 27.8 Å². The van der Waals surface area contributed by atoms with Crippen LogP contribution in [0.2, 0.25) is 0 Å². The molecule has 0 radical (unpaired) electrons. The van der Waals surface area contributed by atoms with Gasteiger partial charge in [-0.15, -0.1) is 0 Å². The van der Waals surface area contributed by atoms with E-state index in [4.69, 9.17) is 0 Å². The van der Waals surface area contributed by atoms with Gasteiger partial charge in [-0.3, -0.25) is 9.48 Å². The number of likely N-dealkylation sites (tertiary alicyclic amines) is 1. The summed E-state index contributed by atoms with van der Waals surface area (Å²) in [7, 11) is 0. The van der Waals surface area contributed by atoms with E-state index < -0.39 is 0 Å². The van der Waals surface area contributed by atoms with Crippen LogP contribution in [0, 0.1) is 24.7 Å². The molecule has 0 N–H and O–H groups in total. The fraction of sp³-hybridized carbons (Fsp3) is 0.852. The van der Waals surface area contributed by atoms with Gasteiger partial charge in [0, 0.05) is 31.1 Å². The minimum absolute atomic E-state index is 0.213. The summed E-state index contributed by atoms with van der Waals surface area (Å²) in [6.45, 7) is 13.8. The number of nitrogens with zero attached hydrogens (tertiary/aromatic N) is 3. The standard InChI is InChI=1S/C25H43N3O.C2H6/c1-20(2)25(29)8-6-4-5-7-22-9-11-24(12-10-22)27-15-13-23(14-16-27)19-28-18-21(3)17-26-28;1-2/h17-18,20,22-24H,4-16,19H2,1-3H3;1-2H3. The molecule has 0 aromatic carbocycles. The van der Waals surface area contributed by atoms with Gasteiger partial charge in [0.25, 0.3) is 0 Å². The van der Waals surface area contributed by atoms with Crippen molar-refractivity contribution in [3.63, 3.8) is 0 Å². The summed E-state index contributed by atoms with van der Waals surface area (Å²) >= 11 is 0. The molecule has 0 amide bonds. The fourth-order valence-corrected chi connectivity index (χ4v) is 5.33. The van der Waals surface area contributed by atoms with Gasteiger partial charge in [0.15, 0.2) is 0 Å². The SMILES string of the molecule is CC.Cc1cnn(CC2CCN(C3CCC(CCCCCC(=O)C(C)C)CC3)CC2)c1. The molecule has 1 aromatic heterocycles. The van der Waals surface area contributed by atoms with E-state index >= 15 is 0 Å². The van der Waals surface area contributed by atoms with Crippen LogP contribution < -0.4 is 0 Å². The van der Waals surface area contributed by atoms with Gasteiger partial charge in [0.05, 0.1) is 6.20 Å². The zero-order chi connectivity index (χ0) is 22.6. The van der Waals surface area contributed by atoms with E-state index in [9.17, 15) is 4.79 Å². The van der Waals surface area contributed by atoms with E-state index in [1.54, 1.807) is 0 Å². The Kier molecular flexibility index (Phi) is 11.9. The second-order valence-electron chi connectivity index (χ2n) is 10.1. The number of carbonyl (C=O) groups is 1. The van der Waals surface area contributed by atoms with Crippen LogP contribution in [0.15, 0.2) is 12.4 Å². The Morgan fingerprint density at radius 1 is 1.00 bits per heavy atom. The van der Waals surface area contributed by atoms with Gasteiger partial charge in [-0.05, 0) is 82.4 Å². The molecule has 1 saturated carbocycles. The number of Topliss-reactive ketones (excluding diaryl/α,β-unsaturated/α-hetero) is 1. The first-order chi connectivity index (χ1) is 15.0. The maximum absolute atomic E-state index is 11.7. The molecule has 1 aliphatic carbocycles. The number of ketones is 1. The van der Waals surface area contributed by atoms with Crippen molar-refractivity contribution in [3.05, 3.63) is 18.0 Å². The van der Waals surface area contributed by atoms with Gasteiger partial charge >= 0.3 is 0 Å². The molecule has 4 heteroatoms. The van der Waals surface area contributed by atoms with Crippen molar-refractivity contribution in [2.45, 2.75) is 118 Å². The summed E-state index contributed by atoms with van der Waals surface area (Å²) in [5.41, 5.74) is 1.27. The van der Waals surface area contributed by atoms with Crippen molar-refractivity contribution in [2.75, 3.05) is 13.1 Å². The van der Waals surface area contributed by atoms with Crippen LogP contribution in [0.3, 0.4) is 0 Å². The number of rotatable bonds is 10. The Morgan fingerprint density at radius 3 is 2.26 bits per heavy atom. The molecule has 0 bridgehead atoms. The van der Waals surface area contributed by atoms with Crippen LogP contribution in [0.4, 0.5) is 0 Å². The number of aryl methyl sites for hydroxylation is 1. The predicted octanol–water partition coefficient (Wildman–Crippen LogP) is 6.66. The van der Waals surface area contributed by atoms with Crippen molar-refractivity contribution in [1.82, 2.24) is 14.7 Å². The monoisotopic (exact) mass is 431 g/mol. The lowest BCUT2D eigenvalue weighted by Gasteiger charge is -2.41. The van der Waals surface area contributed by atoms with Crippen molar-refractivity contribution in [1.29, 1.82) is 0 Å². The summed E-state index contributed by atoms with van der Waals surface area (Å²) in [5, 5.41) is 4.47. The largest absolute Gasteiger partial charge is 0.300 e. The first kappa shape index (κ1) is 26.1. The zero-order valence-electron chi connectivity index (χ0n) is 21.1. The minimum Gasteiger partial charge on any atom is -0.300 e. The van der Waals surface area contributed by atoms with Crippen molar-refractivity contribution >= 4 is 5.78 Å². The Balaban J connectivity index is 0.00000166. The first-order valence-electron chi connectivity index (χ1n) is 13.3. The van der Waals surface area contributed by atoms with Gasteiger partial charge in [-0.25, -0.2) is 0 Å². The quantitative estimate of drug-likeness (QED) is 0.389. The fourth-order valence-electron chi connectivity index (χ4n) is 5.33. The molecule has 31 heavy (non-hydrogen) atoms. The van der Waals surface area contributed by atoms with E-state index in [-0.39, 0.29) is 5.92 Å². The summed E-state index contributed by atoms with van der Waals surface area (Å²) < 4.78 is 2.14. The maximum atomic E-state index is 11.7. The third-order valence-electron chi connectivity index (χ3n) is 7.37. The molecule has 2 fully saturated rings. The highest BCUT2D eigenvalue weighted by molar-refractivity contribution is 5.80. The molecule has 0 atom stereocenters. The summed E-state index contributed by atoms with van der Waals surface area (Å²) in [6.07, 6.45) is 18.3. The molecular weight excluding hydrogens is 382 g/mol. The second-order valence-corrected chi connectivity index (χ2v) is 10.1. The molecule has 2 aliphatic rings. The van der Waals surface area contributed by atoms with Crippen LogP contribution in [-0.2, 0) is 11.3 Å². The van der Waals surface area contributed by atoms with Gasteiger partial charge < -0.3 is 4.90 Å². The summed E-state index contributed by atoms with van der Waals surface area (Å²) in [6, 6.07) is 0.836. The Labute approximate surface area is 192 Å². The van der Waals surface area contributed by atoms with Gasteiger partial charge in [0.1, 0.15) is 5.78 Å². The lowest BCUT2D eigenvalue weighted by Crippen LogP contribution is -2.43. The second kappa shape index (κ2) is 14.1. The van der Waals surface area contributed by atoms with E-state index in [1.807, 2.05) is 33.9 Å². The molecule has 4 nitrogen and oxygen atoms in total. The Hall–Kier alpha value is -1.16. The summed E-state index contributed by atoms with van der Waals surface area (Å²) in [5.74, 6) is 2.39. The number of piperidine rings is 1. The molecular formula is C27H49N3O. The number of aromatic nitrogens is 2. The van der Waals surface area contributed by atoms with E-state index in [0.717, 1.165) is 37.3 Å². The van der Waals surface area contributed by atoms with Gasteiger partial charge in [-0.2, -0.15) is 5.10 Å².